The van der Waals surface area contributed by atoms with Crippen LogP contribution in [0.1, 0.15) is 28.8 Å². The molecule has 2 aromatic heterocycles. The van der Waals surface area contributed by atoms with Crippen molar-refractivity contribution in [3.63, 3.8) is 0 Å². The first-order chi connectivity index (χ1) is 12.0. The van der Waals surface area contributed by atoms with Gasteiger partial charge in [0, 0.05) is 6.54 Å². The van der Waals surface area contributed by atoms with Crippen molar-refractivity contribution in [2.45, 2.75) is 40.3 Å². The van der Waals surface area contributed by atoms with E-state index in [1.165, 1.54) is 21.6 Å². The van der Waals surface area contributed by atoms with E-state index in [9.17, 15) is 9.59 Å². The molecule has 1 amide bonds. The van der Waals surface area contributed by atoms with Gasteiger partial charge < -0.3 is 5.32 Å². The van der Waals surface area contributed by atoms with E-state index >= 15 is 0 Å². The Morgan fingerprint density at radius 1 is 1.24 bits per heavy atom. The quantitative estimate of drug-likeness (QED) is 0.761. The molecule has 0 bridgehead atoms. The summed E-state index contributed by atoms with van der Waals surface area (Å²) >= 11 is 1.49. The van der Waals surface area contributed by atoms with E-state index < -0.39 is 0 Å². The Balaban J connectivity index is 1.75. The highest BCUT2D eigenvalue weighted by molar-refractivity contribution is 7.18. The molecule has 0 aliphatic carbocycles. The van der Waals surface area contributed by atoms with Crippen LogP contribution in [0, 0.1) is 13.8 Å². The van der Waals surface area contributed by atoms with Crippen LogP contribution in [0.4, 0.5) is 0 Å². The number of hydrogen-bond donors (Lipinski definition) is 1. The standard InChI is InChI=1S/C18H20N4O2S/c1-4-15-20-16-17(25-15)12(3)21-22(18(16)24)10-14(23)19-9-13-7-5-11(2)6-8-13/h5-8H,4,9-10H2,1-3H3,(H,19,23). The van der Waals surface area contributed by atoms with Crippen molar-refractivity contribution in [1.29, 1.82) is 0 Å². The third-order valence-corrected chi connectivity index (χ3v) is 5.22. The summed E-state index contributed by atoms with van der Waals surface area (Å²) in [7, 11) is 0. The van der Waals surface area contributed by atoms with E-state index in [-0.39, 0.29) is 18.0 Å². The average Bonchev–Trinajstić information content (AvgIpc) is 3.04. The topological polar surface area (TPSA) is 76.9 Å². The van der Waals surface area contributed by atoms with Gasteiger partial charge in [-0.3, -0.25) is 9.59 Å². The second-order valence-electron chi connectivity index (χ2n) is 5.95. The fourth-order valence-corrected chi connectivity index (χ4v) is 3.44. The van der Waals surface area contributed by atoms with Crippen LogP contribution in [-0.2, 0) is 24.3 Å². The highest BCUT2D eigenvalue weighted by Crippen LogP contribution is 2.21. The minimum absolute atomic E-state index is 0.111. The van der Waals surface area contributed by atoms with Crippen molar-refractivity contribution < 1.29 is 4.79 Å². The van der Waals surface area contributed by atoms with E-state index in [1.54, 1.807) is 0 Å². The van der Waals surface area contributed by atoms with Crippen LogP contribution in [0.2, 0.25) is 0 Å². The summed E-state index contributed by atoms with van der Waals surface area (Å²) in [4.78, 5) is 29.1. The molecular weight excluding hydrogens is 336 g/mol. The summed E-state index contributed by atoms with van der Waals surface area (Å²) in [6.07, 6.45) is 0.773. The molecule has 6 nitrogen and oxygen atoms in total. The third kappa shape index (κ3) is 3.76. The summed E-state index contributed by atoms with van der Waals surface area (Å²) in [5.74, 6) is -0.250. The summed E-state index contributed by atoms with van der Waals surface area (Å²) in [5, 5.41) is 7.99. The highest BCUT2D eigenvalue weighted by Gasteiger charge is 2.15. The van der Waals surface area contributed by atoms with Gasteiger partial charge in [0.05, 0.1) is 15.4 Å². The maximum atomic E-state index is 12.5. The first kappa shape index (κ1) is 17.3. The van der Waals surface area contributed by atoms with Crippen molar-refractivity contribution in [2.24, 2.45) is 0 Å². The predicted molar refractivity (Wildman–Crippen MR) is 98.8 cm³/mol. The maximum absolute atomic E-state index is 12.5. The molecule has 1 aromatic carbocycles. The lowest BCUT2D eigenvalue weighted by molar-refractivity contribution is -0.122. The van der Waals surface area contributed by atoms with E-state index in [2.05, 4.69) is 15.4 Å². The van der Waals surface area contributed by atoms with E-state index in [1.807, 2.05) is 45.0 Å². The first-order valence-electron chi connectivity index (χ1n) is 8.17. The molecule has 0 aliphatic heterocycles. The number of hydrogen-bond acceptors (Lipinski definition) is 5. The molecule has 7 heteroatoms. The van der Waals surface area contributed by atoms with E-state index in [0.717, 1.165) is 27.4 Å². The third-order valence-electron chi connectivity index (χ3n) is 3.91. The molecule has 1 N–H and O–H groups in total. The number of nitrogens with zero attached hydrogens (tertiary/aromatic N) is 3. The van der Waals surface area contributed by atoms with Gasteiger partial charge in [-0.25, -0.2) is 9.67 Å². The molecule has 0 unspecified atom stereocenters. The molecule has 0 radical (unpaired) electrons. The zero-order chi connectivity index (χ0) is 18.0. The van der Waals surface area contributed by atoms with Crippen molar-refractivity contribution >= 4 is 27.5 Å². The molecule has 130 valence electrons. The lowest BCUT2D eigenvalue weighted by atomic mass is 10.1. The van der Waals surface area contributed by atoms with Gasteiger partial charge in [-0.1, -0.05) is 36.8 Å². The minimum Gasteiger partial charge on any atom is -0.350 e. The molecule has 3 rings (SSSR count). The Bertz CT molecular complexity index is 973. The number of nitrogens with one attached hydrogen (secondary N) is 1. The molecule has 0 saturated heterocycles. The van der Waals surface area contributed by atoms with Gasteiger partial charge in [0.2, 0.25) is 5.91 Å². The Labute approximate surface area is 149 Å². The van der Waals surface area contributed by atoms with Crippen LogP contribution >= 0.6 is 11.3 Å². The van der Waals surface area contributed by atoms with Gasteiger partial charge in [0.15, 0.2) is 5.52 Å². The number of carbonyl (C=O) groups is 1. The van der Waals surface area contributed by atoms with Crippen LogP contribution in [0.5, 0.6) is 0 Å². The zero-order valence-corrected chi connectivity index (χ0v) is 15.3. The van der Waals surface area contributed by atoms with Crippen LogP contribution in [0.15, 0.2) is 29.1 Å². The molecule has 0 saturated carbocycles. The fourth-order valence-electron chi connectivity index (χ4n) is 2.51. The van der Waals surface area contributed by atoms with Gasteiger partial charge in [0.25, 0.3) is 5.56 Å². The van der Waals surface area contributed by atoms with Crippen molar-refractivity contribution in [1.82, 2.24) is 20.1 Å². The fraction of sp³-hybridized carbons (Fsp3) is 0.333. The normalized spacial score (nSPS) is 11.0. The van der Waals surface area contributed by atoms with Crippen molar-refractivity contribution in [3.05, 3.63) is 56.4 Å². The summed E-state index contributed by atoms with van der Waals surface area (Å²) in [5.41, 5.74) is 2.99. The smallest absolute Gasteiger partial charge is 0.294 e. The molecule has 0 fully saturated rings. The van der Waals surface area contributed by atoms with Gasteiger partial charge in [-0.15, -0.1) is 11.3 Å². The second kappa shape index (κ2) is 7.14. The number of thiazole rings is 1. The van der Waals surface area contributed by atoms with Crippen LogP contribution in [0.3, 0.4) is 0 Å². The van der Waals surface area contributed by atoms with Gasteiger partial charge in [-0.2, -0.15) is 5.10 Å². The highest BCUT2D eigenvalue weighted by atomic mass is 32.1. The number of carbonyl (C=O) groups excluding carboxylic acids is 1. The SMILES string of the molecule is CCc1nc2c(=O)n(CC(=O)NCc3ccc(C)cc3)nc(C)c2s1. The largest absolute Gasteiger partial charge is 0.350 e. The Kier molecular flexibility index (Phi) is 4.94. The second-order valence-corrected chi connectivity index (χ2v) is 7.03. The lowest BCUT2D eigenvalue weighted by Gasteiger charge is -2.08. The molecular formula is C18H20N4O2S. The molecule has 0 spiro atoms. The van der Waals surface area contributed by atoms with Gasteiger partial charge >= 0.3 is 0 Å². The molecule has 25 heavy (non-hydrogen) atoms. The van der Waals surface area contributed by atoms with Crippen molar-refractivity contribution in [2.75, 3.05) is 0 Å². The summed E-state index contributed by atoms with van der Waals surface area (Å²) in [6, 6.07) is 7.94. The molecule has 0 atom stereocenters. The van der Waals surface area contributed by atoms with Crippen LogP contribution in [0.25, 0.3) is 10.2 Å². The number of fused-ring (bicyclic) bond motifs is 1. The van der Waals surface area contributed by atoms with Gasteiger partial charge in [-0.05, 0) is 25.8 Å². The molecule has 2 heterocycles. The summed E-state index contributed by atoms with van der Waals surface area (Å²) in [6.45, 7) is 6.16. The number of benzene rings is 1. The summed E-state index contributed by atoms with van der Waals surface area (Å²) < 4.78 is 2.00. The van der Waals surface area contributed by atoms with Crippen molar-refractivity contribution in [3.8, 4) is 0 Å². The Morgan fingerprint density at radius 3 is 2.64 bits per heavy atom. The van der Waals surface area contributed by atoms with Gasteiger partial charge in [0.1, 0.15) is 6.54 Å². The molecule has 0 aliphatic rings. The number of aromatic nitrogens is 3. The average molecular weight is 356 g/mol. The predicted octanol–water partition coefficient (Wildman–Crippen LogP) is 2.35. The lowest BCUT2D eigenvalue weighted by Crippen LogP contribution is -2.33. The van der Waals surface area contributed by atoms with Crippen LogP contribution in [-0.4, -0.2) is 20.7 Å². The van der Waals surface area contributed by atoms with E-state index in [0.29, 0.717) is 12.1 Å². The Morgan fingerprint density at radius 2 is 1.96 bits per heavy atom. The monoisotopic (exact) mass is 356 g/mol. The zero-order valence-electron chi connectivity index (χ0n) is 14.5. The number of aryl methyl sites for hydroxylation is 3. The Hall–Kier alpha value is -2.54. The first-order valence-corrected chi connectivity index (χ1v) is 8.99. The van der Waals surface area contributed by atoms with E-state index in [4.69, 9.17) is 0 Å². The number of rotatable bonds is 5. The number of amides is 1. The maximum Gasteiger partial charge on any atom is 0.294 e. The van der Waals surface area contributed by atoms with Crippen LogP contribution < -0.4 is 10.9 Å². The minimum atomic E-state index is -0.318. The molecule has 3 aromatic rings.